The number of fused-ring (bicyclic) bond motifs is 1. The van der Waals surface area contributed by atoms with Crippen LogP contribution in [-0.4, -0.2) is 37.4 Å². The Labute approximate surface area is 167 Å². The fourth-order valence-electron chi connectivity index (χ4n) is 2.74. The molecular weight excluding hydrogens is 426 g/mol. The summed E-state index contributed by atoms with van der Waals surface area (Å²) < 4.78 is 8.72. The van der Waals surface area contributed by atoms with Crippen LogP contribution < -0.4 is 10.3 Å². The van der Waals surface area contributed by atoms with Crippen LogP contribution in [-0.2, 0) is 6.54 Å². The monoisotopic (exact) mass is 439 g/mol. The van der Waals surface area contributed by atoms with Crippen LogP contribution in [0.3, 0.4) is 0 Å². The van der Waals surface area contributed by atoms with Gasteiger partial charge in [-0.3, -0.25) is 14.2 Å². The number of benzene rings is 2. The number of hydrogen-bond acceptors (Lipinski definition) is 6. The molecule has 0 bridgehead atoms. The van der Waals surface area contributed by atoms with Gasteiger partial charge in [-0.05, 0) is 48.5 Å². The van der Waals surface area contributed by atoms with Gasteiger partial charge < -0.3 is 4.74 Å². The number of methoxy groups -OCH3 is 1. The number of aromatic nitrogens is 5. The highest BCUT2D eigenvalue weighted by molar-refractivity contribution is 9.10. The third kappa shape index (κ3) is 3.31. The quantitative estimate of drug-likeness (QED) is 0.443. The van der Waals surface area contributed by atoms with Crippen molar-refractivity contribution in [1.82, 2.24) is 24.5 Å². The molecule has 0 spiro atoms. The molecule has 0 radical (unpaired) electrons. The van der Waals surface area contributed by atoms with Gasteiger partial charge in [-0.25, -0.2) is 4.98 Å². The molecule has 0 aliphatic rings. The molecule has 4 aromatic rings. The van der Waals surface area contributed by atoms with Crippen molar-refractivity contribution in [3.05, 3.63) is 75.2 Å². The molecule has 0 amide bonds. The molecule has 0 atom stereocenters. The average Bonchev–Trinajstić information content (AvgIpc) is 3.15. The van der Waals surface area contributed by atoms with Crippen LogP contribution in [0.25, 0.3) is 16.9 Å². The normalized spacial score (nSPS) is 10.9. The second-order valence-corrected chi connectivity index (χ2v) is 6.89. The molecule has 0 aliphatic heterocycles. The van der Waals surface area contributed by atoms with Gasteiger partial charge in [-0.2, -0.15) is 4.68 Å². The van der Waals surface area contributed by atoms with Crippen LogP contribution >= 0.6 is 15.9 Å². The number of carbonyl (C=O) groups is 1. The van der Waals surface area contributed by atoms with E-state index in [1.807, 2.05) is 24.3 Å². The van der Waals surface area contributed by atoms with E-state index in [1.54, 1.807) is 31.4 Å². The summed E-state index contributed by atoms with van der Waals surface area (Å²) in [5.74, 6) is 0.438. The minimum absolute atomic E-state index is 0.105. The minimum atomic E-state index is -0.421. The zero-order valence-corrected chi connectivity index (χ0v) is 16.3. The van der Waals surface area contributed by atoms with E-state index in [0.717, 1.165) is 10.2 Å². The Bertz CT molecular complexity index is 1210. The highest BCUT2D eigenvalue weighted by atomic mass is 79.9. The molecule has 2 aromatic carbocycles. The van der Waals surface area contributed by atoms with Crippen molar-refractivity contribution in [2.75, 3.05) is 7.11 Å². The summed E-state index contributed by atoms with van der Waals surface area (Å²) in [6.45, 7) is -0.140. The molecule has 0 saturated carbocycles. The van der Waals surface area contributed by atoms with Gasteiger partial charge in [0.05, 0.1) is 19.3 Å². The lowest BCUT2D eigenvalue weighted by Gasteiger charge is -2.06. The number of hydrogen-bond donors (Lipinski definition) is 0. The van der Waals surface area contributed by atoms with Gasteiger partial charge >= 0.3 is 0 Å². The van der Waals surface area contributed by atoms with Crippen LogP contribution in [0.2, 0.25) is 0 Å². The second kappa shape index (κ2) is 7.35. The van der Waals surface area contributed by atoms with Gasteiger partial charge in [0.15, 0.2) is 16.9 Å². The van der Waals surface area contributed by atoms with E-state index in [9.17, 15) is 9.59 Å². The molecular formula is C19H14BrN5O3. The third-order valence-corrected chi connectivity index (χ3v) is 4.76. The Hall–Kier alpha value is -3.33. The first kappa shape index (κ1) is 18.1. The first-order valence-electron chi connectivity index (χ1n) is 8.31. The van der Waals surface area contributed by atoms with Crippen LogP contribution in [0.5, 0.6) is 5.75 Å². The number of ether oxygens (including phenoxy) is 1. The SMILES string of the molecule is COc1ccc(C(=O)Cn2cnc3c(nnn3-c3ccc(Br)cc3)c2=O)cc1. The predicted octanol–water partition coefficient (Wildman–Crippen LogP) is 2.63. The standard InChI is InChI=1S/C19H14BrN5O3/c1-28-15-8-2-12(3-9-15)16(26)10-24-11-21-18-17(19(24)27)22-23-25(18)14-6-4-13(20)5-7-14/h2-9,11H,10H2,1H3. The topological polar surface area (TPSA) is 91.9 Å². The van der Waals surface area contributed by atoms with Crippen LogP contribution in [0, 0.1) is 0 Å². The Morgan fingerprint density at radius 1 is 1.11 bits per heavy atom. The molecule has 9 heteroatoms. The molecule has 28 heavy (non-hydrogen) atoms. The van der Waals surface area contributed by atoms with Gasteiger partial charge in [-0.1, -0.05) is 21.1 Å². The van der Waals surface area contributed by atoms with Crippen LogP contribution in [0.1, 0.15) is 10.4 Å². The van der Waals surface area contributed by atoms with E-state index in [0.29, 0.717) is 17.0 Å². The summed E-state index contributed by atoms with van der Waals surface area (Å²) in [6, 6.07) is 14.1. The highest BCUT2D eigenvalue weighted by Gasteiger charge is 2.15. The average molecular weight is 440 g/mol. The van der Waals surface area contributed by atoms with Gasteiger partial charge in [-0.15, -0.1) is 5.10 Å². The van der Waals surface area contributed by atoms with E-state index in [1.165, 1.54) is 15.6 Å². The lowest BCUT2D eigenvalue weighted by molar-refractivity contribution is 0.0970. The van der Waals surface area contributed by atoms with E-state index in [2.05, 4.69) is 31.2 Å². The molecule has 0 fully saturated rings. The first-order valence-corrected chi connectivity index (χ1v) is 9.10. The fraction of sp³-hybridized carbons (Fsp3) is 0.105. The molecule has 2 heterocycles. The van der Waals surface area contributed by atoms with E-state index in [-0.39, 0.29) is 17.8 Å². The number of Topliss-reactive ketones (excluding diaryl/α,β-unsaturated/α-hetero) is 1. The third-order valence-electron chi connectivity index (χ3n) is 4.23. The molecule has 8 nitrogen and oxygen atoms in total. The molecule has 0 aliphatic carbocycles. The Kier molecular flexibility index (Phi) is 4.74. The molecule has 0 unspecified atom stereocenters. The van der Waals surface area contributed by atoms with Crippen molar-refractivity contribution in [1.29, 1.82) is 0 Å². The summed E-state index contributed by atoms with van der Waals surface area (Å²) >= 11 is 3.38. The van der Waals surface area contributed by atoms with Crippen molar-refractivity contribution < 1.29 is 9.53 Å². The number of rotatable bonds is 5. The van der Waals surface area contributed by atoms with Gasteiger partial charge in [0.1, 0.15) is 12.1 Å². The smallest absolute Gasteiger partial charge is 0.283 e. The van der Waals surface area contributed by atoms with E-state index in [4.69, 9.17) is 4.74 Å². The lowest BCUT2D eigenvalue weighted by Crippen LogP contribution is -2.25. The summed E-state index contributed by atoms with van der Waals surface area (Å²) in [6.07, 6.45) is 1.34. The number of halogens is 1. The predicted molar refractivity (Wildman–Crippen MR) is 106 cm³/mol. The number of carbonyl (C=O) groups excluding carboxylic acids is 1. The van der Waals surface area contributed by atoms with E-state index < -0.39 is 5.56 Å². The van der Waals surface area contributed by atoms with Gasteiger partial charge in [0.25, 0.3) is 5.56 Å². The maximum absolute atomic E-state index is 12.7. The van der Waals surface area contributed by atoms with Crippen LogP contribution in [0.4, 0.5) is 0 Å². The van der Waals surface area contributed by atoms with Crippen molar-refractivity contribution in [2.45, 2.75) is 6.54 Å². The fourth-order valence-corrected chi connectivity index (χ4v) is 3.00. The van der Waals surface area contributed by atoms with Gasteiger partial charge in [0.2, 0.25) is 0 Å². The summed E-state index contributed by atoms with van der Waals surface area (Å²) in [4.78, 5) is 29.5. The highest BCUT2D eigenvalue weighted by Crippen LogP contribution is 2.16. The van der Waals surface area contributed by atoms with Gasteiger partial charge in [0, 0.05) is 10.0 Å². The Morgan fingerprint density at radius 2 is 1.82 bits per heavy atom. The summed E-state index contributed by atoms with van der Waals surface area (Å²) in [5.41, 5.74) is 1.22. The number of ketones is 1. The second-order valence-electron chi connectivity index (χ2n) is 5.98. The van der Waals surface area contributed by atoms with Crippen molar-refractivity contribution >= 4 is 32.9 Å². The molecule has 2 aromatic heterocycles. The Morgan fingerprint density at radius 3 is 2.50 bits per heavy atom. The van der Waals surface area contributed by atoms with Crippen molar-refractivity contribution in [2.24, 2.45) is 0 Å². The van der Waals surface area contributed by atoms with Crippen LogP contribution in [0.15, 0.2) is 64.1 Å². The number of nitrogens with zero attached hydrogens (tertiary/aromatic N) is 5. The zero-order chi connectivity index (χ0) is 19.7. The molecule has 0 N–H and O–H groups in total. The zero-order valence-electron chi connectivity index (χ0n) is 14.7. The largest absolute Gasteiger partial charge is 0.497 e. The summed E-state index contributed by atoms with van der Waals surface area (Å²) in [7, 11) is 1.55. The molecule has 4 rings (SSSR count). The van der Waals surface area contributed by atoms with E-state index >= 15 is 0 Å². The minimum Gasteiger partial charge on any atom is -0.497 e. The first-order chi connectivity index (χ1) is 13.6. The maximum Gasteiger partial charge on any atom is 0.283 e. The van der Waals surface area contributed by atoms with Crippen molar-refractivity contribution in [3.8, 4) is 11.4 Å². The Balaban J connectivity index is 1.65. The summed E-state index contributed by atoms with van der Waals surface area (Å²) in [5, 5.41) is 7.99. The molecule has 140 valence electrons. The maximum atomic E-state index is 12.7. The van der Waals surface area contributed by atoms with Crippen molar-refractivity contribution in [3.63, 3.8) is 0 Å². The molecule has 0 saturated heterocycles. The lowest BCUT2D eigenvalue weighted by atomic mass is 10.1.